The fourth-order valence-electron chi connectivity index (χ4n) is 1.25. The molecular weight excluding hydrogens is 372 g/mol. The van der Waals surface area contributed by atoms with Gasteiger partial charge in [0.25, 0.3) is 0 Å². The molecule has 0 bridgehead atoms. The fourth-order valence-corrected chi connectivity index (χ4v) is 1.37. The second-order valence-electron chi connectivity index (χ2n) is 3.25. The number of ether oxygens (including phenoxy) is 1. The molecule has 5 heteroatoms. The van der Waals surface area contributed by atoms with E-state index >= 15 is 0 Å². The van der Waals surface area contributed by atoms with Crippen LogP contribution in [0.3, 0.4) is 0 Å². The molecule has 90 valence electrons. The first-order chi connectivity index (χ1) is 8.75. The molecule has 2 aromatic carbocycles. The standard InChI is InChI=1S/C13H9ClFO.BrH.Zn/c14-12-7-6-11(8-13(12)15)16-9-10-4-2-1-3-5-10;;/h1-4,6-8H,9H2;1H;/q-1;;+2/p-1. The Morgan fingerprint density at radius 1 is 1.28 bits per heavy atom. The molecule has 0 aliphatic rings. The van der Waals surface area contributed by atoms with Crippen molar-refractivity contribution in [3.63, 3.8) is 0 Å². The fraction of sp³-hybridized carbons (Fsp3) is 0.0769. The Morgan fingerprint density at radius 2 is 2.06 bits per heavy atom. The van der Waals surface area contributed by atoms with Crippen molar-refractivity contribution in [2.45, 2.75) is 6.61 Å². The summed E-state index contributed by atoms with van der Waals surface area (Å²) in [5.74, 6) is -0.0182. The molecule has 0 unspecified atom stereocenters. The third kappa shape index (κ3) is 5.05. The molecule has 0 saturated carbocycles. The predicted molar refractivity (Wildman–Crippen MR) is 69.9 cm³/mol. The summed E-state index contributed by atoms with van der Waals surface area (Å²) >= 11 is 9.81. The van der Waals surface area contributed by atoms with Gasteiger partial charge in [-0.15, -0.1) is 5.56 Å². The van der Waals surface area contributed by atoms with Crippen LogP contribution in [0.2, 0.25) is 5.02 Å². The van der Waals surface area contributed by atoms with E-state index in [1.54, 1.807) is 12.1 Å². The quantitative estimate of drug-likeness (QED) is 0.554. The van der Waals surface area contributed by atoms with Crippen LogP contribution in [0.5, 0.6) is 5.75 Å². The van der Waals surface area contributed by atoms with Crippen molar-refractivity contribution >= 4 is 25.2 Å². The summed E-state index contributed by atoms with van der Waals surface area (Å²) in [6.07, 6.45) is 0. The van der Waals surface area contributed by atoms with Crippen LogP contribution in [0.15, 0.2) is 42.5 Å². The average molecular weight is 381 g/mol. The normalized spacial score (nSPS) is 9.39. The third-order valence-corrected chi connectivity index (χ3v) is 2.37. The van der Waals surface area contributed by atoms with Gasteiger partial charge in [0.2, 0.25) is 0 Å². The average Bonchev–Trinajstić information content (AvgIpc) is 2.44. The molecule has 0 aliphatic carbocycles. The number of hydrogen-bond acceptors (Lipinski definition) is 1. The van der Waals surface area contributed by atoms with Gasteiger partial charge in [0.1, 0.15) is 11.6 Å². The van der Waals surface area contributed by atoms with Crippen LogP contribution in [0, 0.1) is 11.9 Å². The van der Waals surface area contributed by atoms with Crippen molar-refractivity contribution in [3.8, 4) is 5.75 Å². The molecule has 0 radical (unpaired) electrons. The molecule has 0 fully saturated rings. The zero-order valence-electron chi connectivity index (χ0n) is 9.50. The molecule has 0 heterocycles. The summed E-state index contributed by atoms with van der Waals surface area (Å²) < 4.78 is 18.5. The molecule has 2 rings (SSSR count). The topological polar surface area (TPSA) is 9.23 Å². The first-order valence-electron chi connectivity index (χ1n) is 5.06. The zero-order valence-corrected chi connectivity index (χ0v) is 14.8. The third-order valence-electron chi connectivity index (χ3n) is 2.06. The Morgan fingerprint density at radius 3 is 2.67 bits per heavy atom. The molecule has 0 aromatic heterocycles. The Bertz CT molecular complexity index is 482. The Kier molecular flexibility index (Phi) is 7.49. The van der Waals surface area contributed by atoms with Gasteiger partial charge in [-0.05, 0) is 12.1 Å². The van der Waals surface area contributed by atoms with Gasteiger partial charge in [-0.3, -0.25) is 0 Å². The predicted octanol–water partition coefficient (Wildman–Crippen LogP) is 4.70. The minimum absolute atomic E-state index is 0.0959. The van der Waals surface area contributed by atoms with Gasteiger partial charge in [0.05, 0.1) is 11.6 Å². The van der Waals surface area contributed by atoms with Crippen LogP contribution < -0.4 is 4.74 Å². The first kappa shape index (κ1) is 15.6. The Labute approximate surface area is 127 Å². The molecule has 1 nitrogen and oxygen atoms in total. The Hall–Kier alpha value is -0.437. The number of benzene rings is 2. The summed E-state index contributed by atoms with van der Waals surface area (Å²) in [5, 5.41) is 0.0959. The van der Waals surface area contributed by atoms with Gasteiger partial charge >= 0.3 is 30.0 Å². The van der Waals surface area contributed by atoms with Gasteiger partial charge in [-0.2, -0.15) is 30.3 Å². The van der Waals surface area contributed by atoms with E-state index in [2.05, 4.69) is 19.7 Å². The summed E-state index contributed by atoms with van der Waals surface area (Å²) in [5.41, 5.74) is 0.915. The monoisotopic (exact) mass is 378 g/mol. The van der Waals surface area contributed by atoms with Crippen LogP contribution >= 0.6 is 25.2 Å². The van der Waals surface area contributed by atoms with Crippen LogP contribution in [0.4, 0.5) is 4.39 Å². The second-order valence-corrected chi connectivity index (χ2v) is 3.66. The van der Waals surface area contributed by atoms with Crippen LogP contribution in [-0.4, -0.2) is 0 Å². The maximum atomic E-state index is 13.1. The van der Waals surface area contributed by atoms with Gasteiger partial charge in [0, 0.05) is 6.07 Å². The summed E-state index contributed by atoms with van der Waals surface area (Å²) in [6.45, 7) is 0.363. The van der Waals surface area contributed by atoms with E-state index in [4.69, 9.17) is 16.3 Å². The van der Waals surface area contributed by atoms with Crippen molar-refractivity contribution in [3.05, 3.63) is 64.9 Å². The molecule has 0 amide bonds. The first-order valence-corrected chi connectivity index (χ1v) is 12.4. The number of hydrogen-bond donors (Lipinski definition) is 0. The molecule has 2 aromatic rings. The van der Waals surface area contributed by atoms with Crippen LogP contribution in [0.1, 0.15) is 5.56 Å². The van der Waals surface area contributed by atoms with Gasteiger partial charge < -0.3 is 4.74 Å². The van der Waals surface area contributed by atoms with E-state index in [0.717, 1.165) is 5.56 Å². The molecule has 0 spiro atoms. The van der Waals surface area contributed by atoms with E-state index in [1.165, 1.54) is 28.5 Å². The van der Waals surface area contributed by atoms with Gasteiger partial charge in [0.15, 0.2) is 0 Å². The van der Waals surface area contributed by atoms with Crippen molar-refractivity contribution in [2.75, 3.05) is 0 Å². The minimum atomic E-state index is -0.476. The molecule has 0 atom stereocenters. The summed E-state index contributed by atoms with van der Waals surface area (Å²) in [6, 6.07) is 14.9. The van der Waals surface area contributed by atoms with Gasteiger partial charge in [-0.1, -0.05) is 11.6 Å². The van der Waals surface area contributed by atoms with Crippen LogP contribution in [-0.2, 0) is 22.9 Å². The molecule has 18 heavy (non-hydrogen) atoms. The Balaban J connectivity index is 0.000000771. The van der Waals surface area contributed by atoms with Gasteiger partial charge in [-0.25, -0.2) is 4.39 Å². The number of rotatable bonds is 3. The van der Waals surface area contributed by atoms with Crippen molar-refractivity contribution < 1.29 is 25.5 Å². The molecular formula is C13H9BrClFOZn. The van der Waals surface area contributed by atoms with E-state index < -0.39 is 5.82 Å². The summed E-state index contributed by atoms with van der Waals surface area (Å²) in [4.78, 5) is 0. The van der Waals surface area contributed by atoms with Crippen molar-refractivity contribution in [2.24, 2.45) is 0 Å². The molecule has 0 aliphatic heterocycles. The van der Waals surface area contributed by atoms with Crippen molar-refractivity contribution in [1.29, 1.82) is 0 Å². The van der Waals surface area contributed by atoms with Crippen molar-refractivity contribution in [1.82, 2.24) is 0 Å². The number of halogens is 3. The molecule has 0 saturated heterocycles. The van der Waals surface area contributed by atoms with E-state index in [1.807, 2.05) is 18.2 Å². The summed E-state index contributed by atoms with van der Waals surface area (Å²) in [7, 11) is 0. The van der Waals surface area contributed by atoms with E-state index in [9.17, 15) is 4.39 Å². The maximum absolute atomic E-state index is 13.1. The van der Waals surface area contributed by atoms with E-state index in [0.29, 0.717) is 12.4 Å². The van der Waals surface area contributed by atoms with E-state index in [-0.39, 0.29) is 5.02 Å². The zero-order chi connectivity index (χ0) is 13.4. The SMILES string of the molecule is Fc1cc(OCc2[c-]cccc2)ccc1Cl.[Zn+][Br]. The molecule has 0 N–H and O–H groups in total. The second kappa shape index (κ2) is 8.63. The van der Waals surface area contributed by atoms with Crippen LogP contribution in [0.25, 0.3) is 0 Å².